The number of hydrogen-bond acceptors (Lipinski definition) is 27. The number of nitrogens with one attached hydrogen (secondary N) is 14. The van der Waals surface area contributed by atoms with Gasteiger partial charge in [-0.1, -0.05) is 60.7 Å². The Morgan fingerprint density at radius 3 is 1.01 bits per heavy atom. The lowest BCUT2D eigenvalue weighted by atomic mass is 10.0. The first-order valence-electron chi connectivity index (χ1n) is 42.6. The first-order chi connectivity index (χ1) is 61.6. The number of amides is 14. The molecule has 714 valence electrons. The minimum Gasteiger partial charge on any atom is -0.481 e. The van der Waals surface area contributed by atoms with E-state index in [0.717, 1.165) is 0 Å². The Kier molecular flexibility index (Phi) is 55.6. The Labute approximate surface area is 741 Å². The summed E-state index contributed by atoms with van der Waals surface area (Å²) in [6.07, 6.45) is 0.123. The highest BCUT2D eigenvalue weighted by Crippen LogP contribution is 2.14. The summed E-state index contributed by atoms with van der Waals surface area (Å²) in [5, 5.41) is 55.2. The van der Waals surface area contributed by atoms with Crippen LogP contribution in [0.3, 0.4) is 0 Å². The third kappa shape index (κ3) is 51.1. The number of hydrogen-bond donors (Lipinski definition) is 21. The number of carboxylic acid groups (broad SMARTS) is 2. The van der Waals surface area contributed by atoms with Gasteiger partial charge in [-0.2, -0.15) is 0 Å². The fourth-order valence-electron chi connectivity index (χ4n) is 12.3. The predicted octanol–water partition coefficient (Wildman–Crippen LogP) is -7.51. The molecule has 0 bridgehead atoms. The number of nitrogens with two attached hydrogens (primary N) is 5. The van der Waals surface area contributed by atoms with Crippen LogP contribution in [0.4, 0.5) is 0 Å². The molecular formula is C81H129N21O26. The Morgan fingerprint density at radius 2 is 0.648 bits per heavy atom. The largest absolute Gasteiger partial charge is 0.481 e. The summed E-state index contributed by atoms with van der Waals surface area (Å²) >= 11 is 0. The number of guanidine groups is 2. The van der Waals surface area contributed by atoms with Crippen molar-refractivity contribution in [3.05, 3.63) is 71.8 Å². The second-order valence-electron chi connectivity index (χ2n) is 29.4. The molecule has 0 aromatic heterocycles. The number of benzene rings is 2. The van der Waals surface area contributed by atoms with E-state index in [2.05, 4.69) is 84.4 Å². The summed E-state index contributed by atoms with van der Waals surface area (Å²) in [5.41, 5.74) is 29.0. The predicted molar refractivity (Wildman–Crippen MR) is 459 cm³/mol. The minimum absolute atomic E-state index is 0.00335. The van der Waals surface area contributed by atoms with Crippen molar-refractivity contribution in [2.45, 2.75) is 170 Å². The molecule has 2 saturated heterocycles. The number of aliphatic imine (C=N–C) groups is 2. The Bertz CT molecular complexity index is 3830. The van der Waals surface area contributed by atoms with Gasteiger partial charge in [-0.25, -0.2) is 0 Å². The Balaban J connectivity index is 0.979. The second kappa shape index (κ2) is 65.7. The highest BCUT2D eigenvalue weighted by molar-refractivity contribution is 6.00. The number of nitrogens with zero attached hydrogens (tertiary/aromatic N) is 2. The van der Waals surface area contributed by atoms with Gasteiger partial charge in [0.15, 0.2) is 11.9 Å². The van der Waals surface area contributed by atoms with Crippen molar-refractivity contribution in [1.29, 1.82) is 0 Å². The van der Waals surface area contributed by atoms with Gasteiger partial charge >= 0.3 is 11.9 Å². The maximum Gasteiger partial charge on any atom is 0.305 e. The molecule has 128 heavy (non-hydrogen) atoms. The standard InChI is InChI=1S/C81H129N21O26/c82-55(71(112)90-30-34-124-38-42-128-46-44-126-40-36-122-32-24-66(105)88-26-10-8-18-59-75(116)98-57(20-12-28-92-81(85)86)73(114)94-52-68(107)96-63(50-70(110)111)79(120)102-61(77(118)100-59)48-54-15-5-2-6-16-54)21-22-64(103)89-29-33-123-37-41-127-45-43-125-39-35-121-31-23-65(104)87-25-9-7-17-58-74(115)97-56(19-11-27-91-80(83)84)72(113)93-51-67(106)95-62(49-69(108)109)78(119)101-60(76(117)99-58)47-53-13-3-1-4-14-53/h1-6,13-16,55-63H,7-12,17-52,82H2,(H,87,104)(H,88,105)(H,89,103)(H,90,112)(H,93,113)(H,94,114)(H,95,106)(H,96,107)(H,97,115)(H,98,116)(H,99,117)(H,100,118)(H,101,119)(H,102,120)(H,108,109)(H,110,111)(H4,83,84,91)(H4,85,86,92)/t55-,56-,57-,58-,59-,60+,61+,62-,63-/m0/s1. The molecule has 2 aromatic rings. The van der Waals surface area contributed by atoms with E-state index in [1.165, 1.54) is 0 Å². The summed E-state index contributed by atoms with van der Waals surface area (Å²) in [6, 6.07) is 5.23. The second-order valence-corrected chi connectivity index (χ2v) is 29.4. The van der Waals surface area contributed by atoms with Crippen LogP contribution in [0.15, 0.2) is 70.6 Å². The van der Waals surface area contributed by atoms with Crippen LogP contribution in [0, 0.1) is 0 Å². The average molecular weight is 1810 g/mol. The molecule has 4 rings (SSSR count). The fraction of sp³-hybridized carbons (Fsp3) is 0.630. The number of carboxylic acids is 2. The molecule has 0 aliphatic carbocycles. The van der Waals surface area contributed by atoms with Crippen molar-refractivity contribution in [2.75, 3.05) is 158 Å². The first kappa shape index (κ1) is 108. The van der Waals surface area contributed by atoms with E-state index < -0.39 is 157 Å². The molecule has 9 atom stereocenters. The summed E-state index contributed by atoms with van der Waals surface area (Å²) < 4.78 is 44.2. The van der Waals surface area contributed by atoms with Crippen molar-refractivity contribution in [3.8, 4) is 0 Å². The molecule has 0 saturated carbocycles. The van der Waals surface area contributed by atoms with Crippen molar-refractivity contribution in [2.24, 2.45) is 38.7 Å². The molecule has 2 fully saturated rings. The van der Waals surface area contributed by atoms with Gasteiger partial charge in [0.25, 0.3) is 0 Å². The van der Waals surface area contributed by atoms with E-state index in [4.69, 9.17) is 66.6 Å². The molecule has 0 unspecified atom stereocenters. The van der Waals surface area contributed by atoms with Crippen LogP contribution in [0.25, 0.3) is 0 Å². The average Bonchev–Trinajstić information content (AvgIpc) is 1.27. The van der Waals surface area contributed by atoms with E-state index in [1.54, 1.807) is 60.7 Å². The smallest absolute Gasteiger partial charge is 0.305 e. The number of rotatable bonds is 60. The molecule has 2 aliphatic rings. The van der Waals surface area contributed by atoms with Crippen molar-refractivity contribution < 1.29 is 125 Å². The van der Waals surface area contributed by atoms with E-state index in [1.807, 2.05) is 0 Å². The SMILES string of the molecule is NC(N)=NCCC[C@@H]1NC(=O)[C@H](CCCCNC(=O)CCOCCOCCOCCOCCNC(=O)CC[C@H](N)C(=O)NCCOCCOCCOCCOCCC(=O)NCCCC[C@@H]2NC(=O)[C@@H](Cc3ccccc3)NC(=O)[C@H](CC(=O)O)NC(=O)CNC(=O)[C@H](CCCN=C(N)N)NC2=O)NC(=O)[C@@H](Cc2ccccc2)NC(=O)[C@H](CC(=O)O)NC(=O)CNC1=O. The van der Waals surface area contributed by atoms with Crippen LogP contribution in [0.5, 0.6) is 0 Å². The fourth-order valence-corrected chi connectivity index (χ4v) is 12.3. The zero-order valence-electron chi connectivity index (χ0n) is 72.1. The van der Waals surface area contributed by atoms with Crippen molar-refractivity contribution in [3.63, 3.8) is 0 Å². The number of carbonyl (C=O) groups excluding carboxylic acids is 14. The van der Waals surface area contributed by atoms with Crippen LogP contribution in [0.1, 0.15) is 114 Å². The highest BCUT2D eigenvalue weighted by Gasteiger charge is 2.36. The van der Waals surface area contributed by atoms with Gasteiger partial charge in [0.05, 0.1) is 138 Å². The minimum atomic E-state index is -1.64. The topological polar surface area (TPSA) is 711 Å². The van der Waals surface area contributed by atoms with Gasteiger partial charge in [0.1, 0.15) is 48.3 Å². The normalized spacial score (nSPS) is 18.9. The Hall–Kier alpha value is -11.9. The quantitative estimate of drug-likeness (QED) is 0.0166. The number of aliphatic carboxylic acids is 2. The number of unbranched alkanes of at least 4 members (excludes halogenated alkanes) is 2. The molecule has 47 heteroatoms. The van der Waals surface area contributed by atoms with Crippen LogP contribution >= 0.6 is 0 Å². The maximum absolute atomic E-state index is 14.1. The third-order valence-electron chi connectivity index (χ3n) is 19.0. The first-order valence-corrected chi connectivity index (χ1v) is 42.6. The molecule has 26 N–H and O–H groups in total. The summed E-state index contributed by atoms with van der Waals surface area (Å²) in [6.45, 7) is 3.25. The van der Waals surface area contributed by atoms with Gasteiger partial charge in [-0.05, 0) is 81.8 Å². The number of carbonyl (C=O) groups is 16. The molecule has 14 amide bonds. The van der Waals surface area contributed by atoms with Crippen molar-refractivity contribution >= 4 is 107 Å². The summed E-state index contributed by atoms with van der Waals surface area (Å²) in [5.74, 6) is -13.1. The van der Waals surface area contributed by atoms with Crippen LogP contribution in [-0.2, 0) is 127 Å². The molecule has 2 aliphatic heterocycles. The summed E-state index contributed by atoms with van der Waals surface area (Å²) in [4.78, 5) is 217. The van der Waals surface area contributed by atoms with Gasteiger partial charge in [-0.3, -0.25) is 86.7 Å². The van der Waals surface area contributed by atoms with Gasteiger partial charge in [0.2, 0.25) is 82.7 Å². The third-order valence-corrected chi connectivity index (χ3v) is 19.0. The van der Waals surface area contributed by atoms with Crippen LogP contribution < -0.4 is 103 Å². The Morgan fingerprint density at radius 1 is 0.352 bits per heavy atom. The molecule has 47 nitrogen and oxygen atoms in total. The zero-order chi connectivity index (χ0) is 93.5. The highest BCUT2D eigenvalue weighted by atomic mass is 16.6. The maximum atomic E-state index is 14.1. The molecule has 0 spiro atoms. The molecule has 2 aromatic carbocycles. The van der Waals surface area contributed by atoms with E-state index in [0.29, 0.717) is 24.0 Å². The van der Waals surface area contributed by atoms with E-state index >= 15 is 0 Å². The van der Waals surface area contributed by atoms with Gasteiger partial charge < -0.3 is 151 Å². The monoisotopic (exact) mass is 1810 g/mol. The lowest BCUT2D eigenvalue weighted by molar-refractivity contribution is -0.141. The van der Waals surface area contributed by atoms with Crippen LogP contribution in [0.2, 0.25) is 0 Å². The van der Waals surface area contributed by atoms with E-state index in [9.17, 15) is 86.9 Å². The van der Waals surface area contributed by atoms with Gasteiger partial charge in [0, 0.05) is 71.4 Å². The zero-order valence-corrected chi connectivity index (χ0v) is 72.1. The van der Waals surface area contributed by atoms with Gasteiger partial charge in [-0.15, -0.1) is 0 Å². The lowest BCUT2D eigenvalue weighted by Gasteiger charge is -2.26. The lowest BCUT2D eigenvalue weighted by Crippen LogP contribution is -2.58. The molecular weight excluding hydrogens is 1680 g/mol. The van der Waals surface area contributed by atoms with Crippen molar-refractivity contribution in [1.82, 2.24) is 74.4 Å². The summed E-state index contributed by atoms with van der Waals surface area (Å²) in [7, 11) is 0. The molecule has 0 radical (unpaired) electrons. The van der Waals surface area contributed by atoms with E-state index in [-0.39, 0.29) is 265 Å². The number of ether oxygens (including phenoxy) is 8. The molecule has 2 heterocycles. The van der Waals surface area contributed by atoms with Crippen LogP contribution in [-0.4, -0.2) is 329 Å².